The maximum Gasteiger partial charge on any atom is 0.236 e. The highest BCUT2D eigenvalue weighted by molar-refractivity contribution is 5.78. The normalized spacial score (nSPS) is 31.4. The molecule has 0 aromatic rings. The fourth-order valence-electron chi connectivity index (χ4n) is 2.61. The molecule has 0 aromatic carbocycles. The highest BCUT2D eigenvalue weighted by Crippen LogP contribution is 2.25. The summed E-state index contributed by atoms with van der Waals surface area (Å²) in [6.45, 7) is 4.64. The van der Waals surface area contributed by atoms with Crippen molar-refractivity contribution in [1.82, 2.24) is 9.80 Å². The van der Waals surface area contributed by atoms with E-state index in [4.69, 9.17) is 5.73 Å². The predicted octanol–water partition coefficient (Wildman–Crippen LogP) is 0.276. The lowest BCUT2D eigenvalue weighted by Gasteiger charge is -2.35. The number of hydrogen-bond acceptors (Lipinski definition) is 3. The molecule has 0 bridgehead atoms. The van der Waals surface area contributed by atoms with Gasteiger partial charge in [0, 0.05) is 32.2 Å². The zero-order chi connectivity index (χ0) is 11.7. The Kier molecular flexibility index (Phi) is 3.50. The molecule has 2 N–H and O–H groups in total. The van der Waals surface area contributed by atoms with Crippen molar-refractivity contribution in [3.8, 4) is 0 Å². The molecule has 2 atom stereocenters. The van der Waals surface area contributed by atoms with Crippen molar-refractivity contribution in [3.63, 3.8) is 0 Å². The molecular formula is C12H23N3O. The van der Waals surface area contributed by atoms with E-state index >= 15 is 0 Å². The van der Waals surface area contributed by atoms with Crippen LogP contribution in [0.1, 0.15) is 26.2 Å². The topological polar surface area (TPSA) is 49.6 Å². The number of rotatable bonds is 3. The molecule has 1 aliphatic carbocycles. The summed E-state index contributed by atoms with van der Waals surface area (Å²) in [4.78, 5) is 16.1. The van der Waals surface area contributed by atoms with Gasteiger partial charge in [0.1, 0.15) is 0 Å². The first-order valence-electron chi connectivity index (χ1n) is 6.30. The Morgan fingerprint density at radius 2 is 2.12 bits per heavy atom. The molecule has 16 heavy (non-hydrogen) atoms. The number of carbonyl (C=O) groups is 1. The molecule has 1 saturated heterocycles. The van der Waals surface area contributed by atoms with Gasteiger partial charge in [-0.1, -0.05) is 6.92 Å². The van der Waals surface area contributed by atoms with Crippen LogP contribution in [0.15, 0.2) is 0 Å². The summed E-state index contributed by atoms with van der Waals surface area (Å²) >= 11 is 0. The Morgan fingerprint density at radius 1 is 1.44 bits per heavy atom. The van der Waals surface area contributed by atoms with Crippen LogP contribution in [-0.4, -0.2) is 54.5 Å². The van der Waals surface area contributed by atoms with Crippen LogP contribution in [0.3, 0.4) is 0 Å². The van der Waals surface area contributed by atoms with E-state index in [1.54, 1.807) is 0 Å². The molecule has 2 aliphatic rings. The van der Waals surface area contributed by atoms with Crippen LogP contribution in [-0.2, 0) is 4.79 Å². The summed E-state index contributed by atoms with van der Waals surface area (Å²) in [6.07, 6.45) is 3.44. The monoisotopic (exact) mass is 225 g/mol. The number of likely N-dealkylation sites (N-methyl/N-ethyl adjacent to an activating group) is 1. The third kappa shape index (κ3) is 2.95. The standard InChI is InChI=1S/C12H23N3O/c1-9-5-10(13)7-15(6-9)8-12(16)14(2)11-3-4-11/h9-11H,3-8,13H2,1-2H3. The average molecular weight is 225 g/mol. The third-order valence-corrected chi connectivity index (χ3v) is 3.61. The van der Waals surface area contributed by atoms with E-state index in [-0.39, 0.29) is 11.9 Å². The highest BCUT2D eigenvalue weighted by atomic mass is 16.2. The molecular weight excluding hydrogens is 202 g/mol. The molecule has 0 radical (unpaired) electrons. The molecule has 1 heterocycles. The van der Waals surface area contributed by atoms with Gasteiger partial charge in [0.05, 0.1) is 6.54 Å². The van der Waals surface area contributed by atoms with Crippen LogP contribution < -0.4 is 5.73 Å². The largest absolute Gasteiger partial charge is 0.342 e. The van der Waals surface area contributed by atoms with Crippen molar-refractivity contribution < 1.29 is 4.79 Å². The Labute approximate surface area is 97.8 Å². The zero-order valence-corrected chi connectivity index (χ0v) is 10.4. The first kappa shape index (κ1) is 11.9. The number of piperidine rings is 1. The van der Waals surface area contributed by atoms with Crippen LogP contribution in [0.4, 0.5) is 0 Å². The van der Waals surface area contributed by atoms with E-state index in [0.717, 1.165) is 19.5 Å². The van der Waals surface area contributed by atoms with Gasteiger partial charge < -0.3 is 10.6 Å². The van der Waals surface area contributed by atoms with Crippen molar-refractivity contribution >= 4 is 5.91 Å². The highest BCUT2D eigenvalue weighted by Gasteiger charge is 2.31. The molecule has 2 fully saturated rings. The lowest BCUT2D eigenvalue weighted by atomic mass is 9.97. The van der Waals surface area contributed by atoms with E-state index in [2.05, 4.69) is 11.8 Å². The van der Waals surface area contributed by atoms with Crippen LogP contribution in [0.2, 0.25) is 0 Å². The second kappa shape index (κ2) is 4.72. The van der Waals surface area contributed by atoms with Crippen molar-refractivity contribution in [1.29, 1.82) is 0 Å². The smallest absolute Gasteiger partial charge is 0.236 e. The van der Waals surface area contributed by atoms with Crippen molar-refractivity contribution in [2.24, 2.45) is 11.7 Å². The van der Waals surface area contributed by atoms with Crippen molar-refractivity contribution in [2.75, 3.05) is 26.7 Å². The summed E-state index contributed by atoms with van der Waals surface area (Å²) in [5, 5.41) is 0. The van der Waals surface area contributed by atoms with Crippen LogP contribution in [0, 0.1) is 5.92 Å². The lowest BCUT2D eigenvalue weighted by molar-refractivity contribution is -0.132. The third-order valence-electron chi connectivity index (χ3n) is 3.61. The number of nitrogens with zero attached hydrogens (tertiary/aromatic N) is 2. The van der Waals surface area contributed by atoms with Gasteiger partial charge in [-0.15, -0.1) is 0 Å². The summed E-state index contributed by atoms with van der Waals surface area (Å²) in [5.41, 5.74) is 5.97. The first-order valence-corrected chi connectivity index (χ1v) is 6.30. The van der Waals surface area contributed by atoms with Gasteiger partial charge in [0.15, 0.2) is 0 Å². The molecule has 2 unspecified atom stereocenters. The molecule has 4 nitrogen and oxygen atoms in total. The zero-order valence-electron chi connectivity index (χ0n) is 10.4. The molecule has 1 aliphatic heterocycles. The van der Waals surface area contributed by atoms with E-state index in [0.29, 0.717) is 18.5 Å². The number of amides is 1. The second-order valence-corrected chi connectivity index (χ2v) is 5.53. The van der Waals surface area contributed by atoms with Crippen molar-refractivity contribution in [2.45, 2.75) is 38.3 Å². The van der Waals surface area contributed by atoms with Gasteiger partial charge >= 0.3 is 0 Å². The minimum Gasteiger partial charge on any atom is -0.342 e. The van der Waals surface area contributed by atoms with Gasteiger partial charge in [-0.2, -0.15) is 0 Å². The fourth-order valence-corrected chi connectivity index (χ4v) is 2.61. The molecule has 1 saturated carbocycles. The minimum atomic E-state index is 0.239. The summed E-state index contributed by atoms with van der Waals surface area (Å²) in [5.74, 6) is 0.867. The van der Waals surface area contributed by atoms with Gasteiger partial charge in [-0.3, -0.25) is 9.69 Å². The molecule has 0 spiro atoms. The number of carbonyl (C=O) groups excluding carboxylic acids is 1. The van der Waals surface area contributed by atoms with Gasteiger partial charge in [-0.05, 0) is 25.2 Å². The molecule has 92 valence electrons. The molecule has 1 amide bonds. The van der Waals surface area contributed by atoms with Crippen LogP contribution in [0.5, 0.6) is 0 Å². The Morgan fingerprint density at radius 3 is 2.69 bits per heavy atom. The number of likely N-dealkylation sites (tertiary alicyclic amines) is 1. The summed E-state index contributed by atoms with van der Waals surface area (Å²) in [6, 6.07) is 0.756. The van der Waals surface area contributed by atoms with Gasteiger partial charge in [0.25, 0.3) is 0 Å². The molecule has 0 aromatic heterocycles. The lowest BCUT2D eigenvalue weighted by Crippen LogP contribution is -2.50. The van der Waals surface area contributed by atoms with Crippen molar-refractivity contribution in [3.05, 3.63) is 0 Å². The summed E-state index contributed by atoms with van der Waals surface area (Å²) < 4.78 is 0. The van der Waals surface area contributed by atoms with E-state index in [1.165, 1.54) is 12.8 Å². The van der Waals surface area contributed by atoms with Crippen LogP contribution >= 0.6 is 0 Å². The molecule has 2 rings (SSSR count). The maximum atomic E-state index is 11.9. The fraction of sp³-hybridized carbons (Fsp3) is 0.917. The minimum absolute atomic E-state index is 0.239. The Balaban J connectivity index is 1.81. The SMILES string of the molecule is CC1CC(N)CN(CC(=O)N(C)C2CC2)C1. The first-order chi connectivity index (χ1) is 7.56. The predicted molar refractivity (Wildman–Crippen MR) is 64.0 cm³/mol. The van der Waals surface area contributed by atoms with E-state index in [9.17, 15) is 4.79 Å². The number of nitrogens with two attached hydrogens (primary N) is 1. The van der Waals surface area contributed by atoms with Gasteiger partial charge in [-0.25, -0.2) is 0 Å². The average Bonchev–Trinajstić information content (AvgIpc) is 2.97. The summed E-state index contributed by atoms with van der Waals surface area (Å²) in [7, 11) is 1.92. The Bertz CT molecular complexity index is 255. The quantitative estimate of drug-likeness (QED) is 0.750. The van der Waals surface area contributed by atoms with Crippen LogP contribution in [0.25, 0.3) is 0 Å². The Hall–Kier alpha value is -0.610. The van der Waals surface area contributed by atoms with Gasteiger partial charge in [0.2, 0.25) is 5.91 Å². The number of hydrogen-bond donors (Lipinski definition) is 1. The molecule has 4 heteroatoms. The van der Waals surface area contributed by atoms with E-state index < -0.39 is 0 Å². The second-order valence-electron chi connectivity index (χ2n) is 5.53. The van der Waals surface area contributed by atoms with E-state index in [1.807, 2.05) is 11.9 Å². The maximum absolute atomic E-state index is 11.9.